The quantitative estimate of drug-likeness (QED) is 0.729. The van der Waals surface area contributed by atoms with Gasteiger partial charge in [-0.15, -0.1) is 0 Å². The average Bonchev–Trinajstić information content (AvgIpc) is 2.56. The zero-order chi connectivity index (χ0) is 17.7. The molecule has 0 heterocycles. The number of hydrogen-bond acceptors (Lipinski definition) is 2. The SMILES string of the molecule is CC(C)[C@H](N[C@@H](C)C(=O)Nc1cc(Cl)ccc1Cl)c1ccccc1. The van der Waals surface area contributed by atoms with Crippen molar-refractivity contribution < 1.29 is 4.79 Å². The molecule has 0 unspecified atom stereocenters. The molecule has 0 saturated carbocycles. The van der Waals surface area contributed by atoms with E-state index < -0.39 is 0 Å². The van der Waals surface area contributed by atoms with Crippen LogP contribution in [0.25, 0.3) is 0 Å². The van der Waals surface area contributed by atoms with E-state index in [0.717, 1.165) is 5.56 Å². The summed E-state index contributed by atoms with van der Waals surface area (Å²) >= 11 is 12.1. The second-order valence-corrected chi connectivity index (χ2v) is 6.98. The Morgan fingerprint density at radius 3 is 2.29 bits per heavy atom. The zero-order valence-electron chi connectivity index (χ0n) is 14.0. The maximum Gasteiger partial charge on any atom is 0.241 e. The van der Waals surface area contributed by atoms with E-state index in [1.165, 1.54) is 0 Å². The van der Waals surface area contributed by atoms with Gasteiger partial charge in [-0.3, -0.25) is 10.1 Å². The lowest BCUT2D eigenvalue weighted by Gasteiger charge is -2.26. The van der Waals surface area contributed by atoms with E-state index in [1.54, 1.807) is 18.2 Å². The molecule has 5 heteroatoms. The fraction of sp³-hybridized carbons (Fsp3) is 0.316. The van der Waals surface area contributed by atoms with Gasteiger partial charge in [-0.25, -0.2) is 0 Å². The van der Waals surface area contributed by atoms with Crippen LogP contribution in [0.2, 0.25) is 10.0 Å². The largest absolute Gasteiger partial charge is 0.323 e. The Bertz CT molecular complexity index is 689. The monoisotopic (exact) mass is 364 g/mol. The number of halogens is 2. The summed E-state index contributed by atoms with van der Waals surface area (Å²) < 4.78 is 0. The van der Waals surface area contributed by atoms with E-state index in [0.29, 0.717) is 21.7 Å². The van der Waals surface area contributed by atoms with Gasteiger partial charge in [0.2, 0.25) is 5.91 Å². The van der Waals surface area contributed by atoms with Crippen LogP contribution < -0.4 is 10.6 Å². The summed E-state index contributed by atoms with van der Waals surface area (Å²) in [6.07, 6.45) is 0. The van der Waals surface area contributed by atoms with Gasteiger partial charge in [0.05, 0.1) is 16.8 Å². The number of hydrogen-bond donors (Lipinski definition) is 2. The van der Waals surface area contributed by atoms with Crippen LogP contribution in [0.15, 0.2) is 48.5 Å². The standard InChI is InChI=1S/C19H22Cl2N2O/c1-12(2)18(14-7-5-4-6-8-14)22-13(3)19(24)23-17-11-15(20)9-10-16(17)21/h4-13,18,22H,1-3H3,(H,23,24)/t13-,18-/m0/s1. The Hall–Kier alpha value is -1.55. The van der Waals surface area contributed by atoms with Gasteiger partial charge in [0, 0.05) is 11.1 Å². The first kappa shape index (κ1) is 18.8. The number of benzene rings is 2. The molecule has 2 aromatic carbocycles. The van der Waals surface area contributed by atoms with E-state index in [2.05, 4.69) is 36.6 Å². The molecular weight excluding hydrogens is 343 g/mol. The van der Waals surface area contributed by atoms with Crippen LogP contribution >= 0.6 is 23.2 Å². The van der Waals surface area contributed by atoms with Gasteiger partial charge >= 0.3 is 0 Å². The topological polar surface area (TPSA) is 41.1 Å². The summed E-state index contributed by atoms with van der Waals surface area (Å²) in [4.78, 5) is 12.5. The summed E-state index contributed by atoms with van der Waals surface area (Å²) in [5, 5.41) is 7.22. The highest BCUT2D eigenvalue weighted by molar-refractivity contribution is 6.35. The molecule has 0 aromatic heterocycles. The first-order valence-electron chi connectivity index (χ1n) is 7.95. The van der Waals surface area contributed by atoms with Crippen molar-refractivity contribution in [1.29, 1.82) is 0 Å². The van der Waals surface area contributed by atoms with E-state index in [9.17, 15) is 4.79 Å². The molecule has 0 radical (unpaired) electrons. The summed E-state index contributed by atoms with van der Waals surface area (Å²) in [6, 6.07) is 14.8. The van der Waals surface area contributed by atoms with Crippen LogP contribution in [0.4, 0.5) is 5.69 Å². The van der Waals surface area contributed by atoms with Crippen LogP contribution in [0.1, 0.15) is 32.4 Å². The van der Waals surface area contributed by atoms with Crippen molar-refractivity contribution in [2.24, 2.45) is 5.92 Å². The normalized spacial score (nSPS) is 13.6. The Morgan fingerprint density at radius 1 is 1.00 bits per heavy atom. The predicted molar refractivity (Wildman–Crippen MR) is 102 cm³/mol. The smallest absolute Gasteiger partial charge is 0.241 e. The molecule has 2 N–H and O–H groups in total. The van der Waals surface area contributed by atoms with Gasteiger partial charge in [0.15, 0.2) is 0 Å². The minimum absolute atomic E-state index is 0.0850. The van der Waals surface area contributed by atoms with Crippen LogP contribution in [-0.4, -0.2) is 11.9 Å². The second kappa shape index (κ2) is 8.52. The molecule has 0 aliphatic heterocycles. The number of carbonyl (C=O) groups excluding carboxylic acids is 1. The third-order valence-corrected chi connectivity index (χ3v) is 4.40. The lowest BCUT2D eigenvalue weighted by atomic mass is 9.95. The zero-order valence-corrected chi connectivity index (χ0v) is 15.5. The Kier molecular flexibility index (Phi) is 6.67. The molecule has 24 heavy (non-hydrogen) atoms. The van der Waals surface area contributed by atoms with Gasteiger partial charge in [0.1, 0.15) is 0 Å². The van der Waals surface area contributed by atoms with E-state index in [-0.39, 0.29) is 18.0 Å². The highest BCUT2D eigenvalue weighted by Crippen LogP contribution is 2.26. The van der Waals surface area contributed by atoms with Gasteiger partial charge < -0.3 is 5.32 Å². The third-order valence-electron chi connectivity index (χ3n) is 3.83. The summed E-state index contributed by atoms with van der Waals surface area (Å²) in [5.41, 5.74) is 1.68. The van der Waals surface area contributed by atoms with Crippen LogP contribution in [-0.2, 0) is 4.79 Å². The van der Waals surface area contributed by atoms with Gasteiger partial charge in [-0.1, -0.05) is 67.4 Å². The molecular formula is C19H22Cl2N2O. The van der Waals surface area contributed by atoms with Crippen molar-refractivity contribution >= 4 is 34.8 Å². The molecule has 0 fully saturated rings. The predicted octanol–water partition coefficient (Wildman–Crippen LogP) is 5.31. The molecule has 1 amide bonds. The Balaban J connectivity index is 2.08. The van der Waals surface area contributed by atoms with Crippen molar-refractivity contribution in [2.45, 2.75) is 32.9 Å². The van der Waals surface area contributed by atoms with Crippen molar-refractivity contribution in [3.8, 4) is 0 Å². The summed E-state index contributed by atoms with van der Waals surface area (Å²) in [6.45, 7) is 6.10. The molecule has 2 rings (SSSR count). The Morgan fingerprint density at radius 2 is 1.67 bits per heavy atom. The molecule has 0 spiro atoms. The van der Waals surface area contributed by atoms with Crippen LogP contribution in [0.3, 0.4) is 0 Å². The summed E-state index contributed by atoms with van der Waals surface area (Å²) in [5.74, 6) is 0.193. The first-order chi connectivity index (χ1) is 11.4. The van der Waals surface area contributed by atoms with Crippen molar-refractivity contribution in [3.63, 3.8) is 0 Å². The average molecular weight is 365 g/mol. The highest BCUT2D eigenvalue weighted by Gasteiger charge is 2.22. The van der Waals surface area contributed by atoms with E-state index >= 15 is 0 Å². The maximum atomic E-state index is 12.5. The highest BCUT2D eigenvalue weighted by atomic mass is 35.5. The number of anilines is 1. The second-order valence-electron chi connectivity index (χ2n) is 6.13. The minimum atomic E-state index is -0.382. The van der Waals surface area contributed by atoms with Gasteiger partial charge in [-0.2, -0.15) is 0 Å². The number of amides is 1. The van der Waals surface area contributed by atoms with Crippen molar-refractivity contribution in [1.82, 2.24) is 5.32 Å². The number of carbonyl (C=O) groups is 1. The number of rotatable bonds is 6. The third kappa shape index (κ3) is 4.97. The minimum Gasteiger partial charge on any atom is -0.323 e. The van der Waals surface area contributed by atoms with Crippen LogP contribution in [0, 0.1) is 5.92 Å². The lowest BCUT2D eigenvalue weighted by Crippen LogP contribution is -2.41. The molecule has 0 saturated heterocycles. The van der Waals surface area contributed by atoms with Crippen LogP contribution in [0.5, 0.6) is 0 Å². The lowest BCUT2D eigenvalue weighted by molar-refractivity contribution is -0.118. The molecule has 0 bridgehead atoms. The fourth-order valence-corrected chi connectivity index (χ4v) is 2.85. The fourth-order valence-electron chi connectivity index (χ4n) is 2.51. The molecule has 2 aromatic rings. The van der Waals surface area contributed by atoms with Crippen molar-refractivity contribution in [3.05, 3.63) is 64.1 Å². The van der Waals surface area contributed by atoms with Crippen molar-refractivity contribution in [2.75, 3.05) is 5.32 Å². The van der Waals surface area contributed by atoms with E-state index in [4.69, 9.17) is 23.2 Å². The van der Waals surface area contributed by atoms with Gasteiger partial charge in [-0.05, 0) is 36.6 Å². The number of nitrogens with one attached hydrogen (secondary N) is 2. The molecule has 3 nitrogen and oxygen atoms in total. The van der Waals surface area contributed by atoms with E-state index in [1.807, 2.05) is 25.1 Å². The maximum absolute atomic E-state index is 12.5. The molecule has 0 aliphatic rings. The molecule has 128 valence electrons. The van der Waals surface area contributed by atoms with Gasteiger partial charge in [0.25, 0.3) is 0 Å². The molecule has 0 aliphatic carbocycles. The summed E-state index contributed by atoms with van der Waals surface area (Å²) in [7, 11) is 0. The molecule has 2 atom stereocenters. The Labute approximate surface area is 153 Å². The first-order valence-corrected chi connectivity index (χ1v) is 8.71.